The van der Waals surface area contributed by atoms with Crippen LogP contribution in [0.5, 0.6) is 0 Å². The zero-order valence-corrected chi connectivity index (χ0v) is 17.2. The summed E-state index contributed by atoms with van der Waals surface area (Å²) in [5.41, 5.74) is -0.593. The van der Waals surface area contributed by atoms with Crippen molar-refractivity contribution in [3.8, 4) is 0 Å². The molecule has 0 saturated carbocycles. The van der Waals surface area contributed by atoms with Crippen LogP contribution in [-0.2, 0) is 19.1 Å². The highest BCUT2D eigenvalue weighted by atomic mass is 16.6. The van der Waals surface area contributed by atoms with E-state index >= 15 is 0 Å². The first-order chi connectivity index (χ1) is 12.2. The molecule has 0 aromatic rings. The fourth-order valence-electron chi connectivity index (χ4n) is 2.63. The Morgan fingerprint density at radius 1 is 0.962 bits per heavy atom. The minimum absolute atomic E-state index is 0.115. The number of nitrogens with one attached hydrogen (secondary N) is 1. The molecular formula is C20H37NO5. The van der Waals surface area contributed by atoms with Crippen LogP contribution in [0.3, 0.4) is 0 Å². The lowest BCUT2D eigenvalue weighted by Crippen LogP contribution is -2.40. The Balaban J connectivity index is 4.41. The summed E-state index contributed by atoms with van der Waals surface area (Å²) in [4.78, 5) is 35.2. The number of esters is 1. The van der Waals surface area contributed by atoms with Crippen molar-refractivity contribution >= 4 is 17.8 Å². The summed E-state index contributed by atoms with van der Waals surface area (Å²) in [5.74, 6) is -0.789. The van der Waals surface area contributed by atoms with Crippen molar-refractivity contribution in [2.45, 2.75) is 104 Å². The molecule has 26 heavy (non-hydrogen) atoms. The van der Waals surface area contributed by atoms with Gasteiger partial charge in [-0.15, -0.1) is 0 Å². The van der Waals surface area contributed by atoms with Gasteiger partial charge in [0, 0.05) is 12.5 Å². The van der Waals surface area contributed by atoms with Gasteiger partial charge in [0.1, 0.15) is 17.8 Å². The monoisotopic (exact) mass is 371 g/mol. The molecule has 1 amide bonds. The average molecular weight is 372 g/mol. The van der Waals surface area contributed by atoms with E-state index in [9.17, 15) is 14.4 Å². The number of Topliss-reactive ketones (excluding diaryl/α,β-unsaturated/α-hetero) is 1. The Morgan fingerprint density at radius 2 is 1.54 bits per heavy atom. The van der Waals surface area contributed by atoms with Gasteiger partial charge in [-0.1, -0.05) is 51.9 Å². The van der Waals surface area contributed by atoms with Gasteiger partial charge < -0.3 is 14.8 Å². The molecule has 0 unspecified atom stereocenters. The van der Waals surface area contributed by atoms with E-state index < -0.39 is 17.7 Å². The summed E-state index contributed by atoms with van der Waals surface area (Å²) < 4.78 is 9.79. The Kier molecular flexibility index (Phi) is 12.8. The third-order valence-corrected chi connectivity index (χ3v) is 3.92. The lowest BCUT2D eigenvalue weighted by Gasteiger charge is -2.23. The molecule has 0 bridgehead atoms. The quantitative estimate of drug-likeness (QED) is 0.292. The van der Waals surface area contributed by atoms with Gasteiger partial charge in [0.05, 0.1) is 7.11 Å². The highest BCUT2D eigenvalue weighted by Crippen LogP contribution is 2.13. The van der Waals surface area contributed by atoms with Gasteiger partial charge in [0.15, 0.2) is 0 Å². The van der Waals surface area contributed by atoms with Crippen molar-refractivity contribution < 1.29 is 23.9 Å². The summed E-state index contributed by atoms with van der Waals surface area (Å²) in [7, 11) is 1.25. The van der Waals surface area contributed by atoms with Gasteiger partial charge in [-0.05, 0) is 27.2 Å². The second-order valence-corrected chi connectivity index (χ2v) is 7.75. The normalized spacial score (nSPS) is 12.3. The van der Waals surface area contributed by atoms with Crippen molar-refractivity contribution in [3.05, 3.63) is 0 Å². The molecule has 0 aliphatic heterocycles. The van der Waals surface area contributed by atoms with Gasteiger partial charge in [-0.2, -0.15) is 0 Å². The maximum atomic E-state index is 12.0. The van der Waals surface area contributed by atoms with E-state index in [0.717, 1.165) is 19.3 Å². The molecule has 0 rings (SSSR count). The van der Waals surface area contributed by atoms with E-state index in [4.69, 9.17) is 4.74 Å². The number of hydrogen-bond acceptors (Lipinski definition) is 5. The molecule has 0 aromatic carbocycles. The number of carbonyl (C=O) groups excluding carboxylic acids is 3. The number of methoxy groups -OCH3 is 1. The second kappa shape index (κ2) is 13.6. The Hall–Kier alpha value is -1.59. The van der Waals surface area contributed by atoms with Crippen LogP contribution in [0.2, 0.25) is 0 Å². The van der Waals surface area contributed by atoms with Crippen LogP contribution in [0.25, 0.3) is 0 Å². The van der Waals surface area contributed by atoms with Crippen molar-refractivity contribution in [3.63, 3.8) is 0 Å². The Bertz CT molecular complexity index is 428. The van der Waals surface area contributed by atoms with Crippen molar-refractivity contribution in [1.29, 1.82) is 0 Å². The third kappa shape index (κ3) is 14.7. The summed E-state index contributed by atoms with van der Waals surface area (Å²) >= 11 is 0. The summed E-state index contributed by atoms with van der Waals surface area (Å²) in [5, 5.41) is 2.77. The van der Waals surface area contributed by atoms with Crippen LogP contribution in [0.4, 0.5) is 4.79 Å². The van der Waals surface area contributed by atoms with Crippen LogP contribution in [0.1, 0.15) is 91.9 Å². The van der Waals surface area contributed by atoms with E-state index in [2.05, 4.69) is 17.0 Å². The molecule has 152 valence electrons. The van der Waals surface area contributed by atoms with Gasteiger partial charge in [0.25, 0.3) is 0 Å². The first-order valence-corrected chi connectivity index (χ1v) is 9.76. The fourth-order valence-corrected chi connectivity index (χ4v) is 2.63. The molecule has 0 aliphatic carbocycles. The minimum atomic E-state index is -0.593. The highest BCUT2D eigenvalue weighted by Gasteiger charge is 2.22. The summed E-state index contributed by atoms with van der Waals surface area (Å²) in [6, 6.07) is -0.322. The summed E-state index contributed by atoms with van der Waals surface area (Å²) in [6.45, 7) is 7.57. The number of amides is 1. The lowest BCUT2D eigenvalue weighted by molar-refractivity contribution is -0.143. The van der Waals surface area contributed by atoms with Crippen LogP contribution in [-0.4, -0.2) is 36.6 Å². The molecule has 0 aromatic heterocycles. The molecule has 0 saturated heterocycles. The molecule has 1 N–H and O–H groups in total. The van der Waals surface area contributed by atoms with E-state index in [1.54, 1.807) is 20.8 Å². The van der Waals surface area contributed by atoms with E-state index in [1.807, 2.05) is 0 Å². The zero-order chi connectivity index (χ0) is 20.0. The van der Waals surface area contributed by atoms with Gasteiger partial charge in [-0.3, -0.25) is 9.59 Å². The molecular weight excluding hydrogens is 334 g/mol. The molecule has 0 aliphatic rings. The predicted octanol–water partition coefficient (Wildman–Crippen LogP) is 4.54. The Morgan fingerprint density at radius 3 is 2.08 bits per heavy atom. The lowest BCUT2D eigenvalue weighted by atomic mass is 10.0. The molecule has 0 spiro atoms. The number of rotatable bonds is 13. The second-order valence-electron chi connectivity index (χ2n) is 7.75. The number of ether oxygens (including phenoxy) is 2. The van der Waals surface area contributed by atoms with E-state index in [0.29, 0.717) is 6.42 Å². The average Bonchev–Trinajstić information content (AvgIpc) is 2.51. The van der Waals surface area contributed by atoms with Crippen molar-refractivity contribution in [2.24, 2.45) is 0 Å². The number of alkyl carbamates (subject to hydrolysis) is 1. The number of carbonyl (C=O) groups is 3. The maximum absolute atomic E-state index is 12.0. The number of unbranched alkanes of at least 4 members (excludes halogenated alkanes) is 6. The molecule has 6 nitrogen and oxygen atoms in total. The maximum Gasteiger partial charge on any atom is 0.407 e. The van der Waals surface area contributed by atoms with Gasteiger partial charge in [-0.25, -0.2) is 4.79 Å². The Labute approximate surface area is 158 Å². The van der Waals surface area contributed by atoms with Crippen LogP contribution >= 0.6 is 0 Å². The molecule has 6 heteroatoms. The SMILES string of the molecule is CCCCCCCCC[C@@H](CC(=O)CC(=O)OC)NC(=O)OC(C)(C)C. The van der Waals surface area contributed by atoms with Crippen LogP contribution in [0.15, 0.2) is 0 Å². The fraction of sp³-hybridized carbons (Fsp3) is 0.850. The topological polar surface area (TPSA) is 81.7 Å². The van der Waals surface area contributed by atoms with Crippen LogP contribution < -0.4 is 5.32 Å². The van der Waals surface area contributed by atoms with Gasteiger partial charge in [0.2, 0.25) is 0 Å². The minimum Gasteiger partial charge on any atom is -0.469 e. The van der Waals surface area contributed by atoms with Crippen LogP contribution in [0, 0.1) is 0 Å². The third-order valence-electron chi connectivity index (χ3n) is 3.92. The first kappa shape index (κ1) is 24.4. The smallest absolute Gasteiger partial charge is 0.407 e. The molecule has 0 fully saturated rings. The standard InChI is InChI=1S/C20H37NO5/c1-6-7-8-9-10-11-12-13-16(14-17(22)15-18(23)25-5)21-19(24)26-20(2,3)4/h16H,6-15H2,1-5H3,(H,21,24)/t16-/m0/s1. The van der Waals surface area contributed by atoms with E-state index in [1.165, 1.54) is 32.8 Å². The molecule has 0 heterocycles. The molecule has 1 atom stereocenters. The first-order valence-electron chi connectivity index (χ1n) is 9.76. The van der Waals surface area contributed by atoms with E-state index in [-0.39, 0.29) is 24.7 Å². The largest absolute Gasteiger partial charge is 0.469 e. The highest BCUT2D eigenvalue weighted by molar-refractivity contribution is 5.95. The van der Waals surface area contributed by atoms with Crippen molar-refractivity contribution in [1.82, 2.24) is 5.32 Å². The summed E-state index contributed by atoms with van der Waals surface area (Å²) in [6.07, 6.45) is 8.15. The predicted molar refractivity (Wildman–Crippen MR) is 102 cm³/mol. The van der Waals surface area contributed by atoms with Gasteiger partial charge >= 0.3 is 12.1 Å². The zero-order valence-electron chi connectivity index (χ0n) is 17.2. The number of hydrogen-bond donors (Lipinski definition) is 1. The molecule has 0 radical (unpaired) electrons. The number of ketones is 1. The van der Waals surface area contributed by atoms with Crippen molar-refractivity contribution in [2.75, 3.05) is 7.11 Å².